The van der Waals surface area contributed by atoms with E-state index in [4.69, 9.17) is 21.1 Å². The van der Waals surface area contributed by atoms with Gasteiger partial charge in [-0.3, -0.25) is 0 Å². The minimum absolute atomic E-state index is 0.154. The number of rotatable bonds is 3. The number of aliphatic hydroxyl groups excluding tert-OH is 1. The number of aliphatic hydroxyl groups is 1. The Morgan fingerprint density at radius 1 is 1.33 bits per heavy atom. The quantitative estimate of drug-likeness (QED) is 0.903. The van der Waals surface area contributed by atoms with E-state index in [1.165, 1.54) is 12.1 Å². The highest BCUT2D eigenvalue weighted by atomic mass is 79.9. The lowest BCUT2D eigenvalue weighted by molar-refractivity contribution is 0.0655. The van der Waals surface area contributed by atoms with Gasteiger partial charge < -0.3 is 14.6 Å². The Morgan fingerprint density at radius 2 is 2.06 bits per heavy atom. The summed E-state index contributed by atoms with van der Waals surface area (Å²) in [6, 6.07) is 7.66. The predicted molar refractivity (Wildman–Crippen MR) is 68.9 cm³/mol. The molecule has 94 valence electrons. The minimum Gasteiger partial charge on any atom is -0.475 e. The van der Waals surface area contributed by atoms with Gasteiger partial charge in [-0.05, 0) is 35.9 Å². The van der Waals surface area contributed by atoms with Gasteiger partial charge in [-0.2, -0.15) is 0 Å². The molecule has 2 N–H and O–H groups in total. The number of carbonyl (C=O) groups is 1. The van der Waals surface area contributed by atoms with Gasteiger partial charge in [0.2, 0.25) is 5.76 Å². The maximum Gasteiger partial charge on any atom is 0.371 e. The van der Waals surface area contributed by atoms with Crippen LogP contribution in [0.25, 0.3) is 0 Å². The molecule has 0 spiro atoms. The first-order chi connectivity index (χ1) is 8.47. The van der Waals surface area contributed by atoms with E-state index in [-0.39, 0.29) is 11.5 Å². The number of aromatic carboxylic acids is 1. The van der Waals surface area contributed by atoms with Crippen molar-refractivity contribution in [3.8, 4) is 0 Å². The summed E-state index contributed by atoms with van der Waals surface area (Å²) in [7, 11) is 0. The second kappa shape index (κ2) is 5.14. The van der Waals surface area contributed by atoms with Crippen LogP contribution in [0.1, 0.15) is 28.0 Å². The smallest absolute Gasteiger partial charge is 0.371 e. The number of carboxylic acid groups (broad SMARTS) is 1. The first-order valence-corrected chi connectivity index (χ1v) is 6.11. The highest BCUT2D eigenvalue weighted by Gasteiger charge is 2.18. The van der Waals surface area contributed by atoms with Crippen LogP contribution in [0.15, 0.2) is 39.2 Å². The molecule has 0 aliphatic carbocycles. The molecular formula is C12H8BrClO4. The number of benzene rings is 1. The van der Waals surface area contributed by atoms with Gasteiger partial charge in [0.25, 0.3) is 0 Å². The summed E-state index contributed by atoms with van der Waals surface area (Å²) < 4.78 is 5.75. The van der Waals surface area contributed by atoms with Gasteiger partial charge in [-0.1, -0.05) is 27.5 Å². The van der Waals surface area contributed by atoms with Crippen LogP contribution in [-0.2, 0) is 0 Å². The van der Waals surface area contributed by atoms with Crippen LogP contribution >= 0.6 is 27.5 Å². The molecule has 2 aromatic rings. The summed E-state index contributed by atoms with van der Waals surface area (Å²) in [6.07, 6.45) is -1.06. The van der Waals surface area contributed by atoms with Gasteiger partial charge in [-0.25, -0.2) is 4.79 Å². The average molecular weight is 332 g/mol. The Kier molecular flexibility index (Phi) is 3.75. The molecule has 0 saturated heterocycles. The number of hydrogen-bond donors (Lipinski definition) is 2. The van der Waals surface area contributed by atoms with E-state index in [0.717, 1.165) is 0 Å². The molecule has 4 nitrogen and oxygen atoms in total. The third-order valence-corrected chi connectivity index (χ3v) is 2.98. The normalized spacial score (nSPS) is 12.4. The summed E-state index contributed by atoms with van der Waals surface area (Å²) in [4.78, 5) is 10.7. The van der Waals surface area contributed by atoms with Gasteiger partial charge in [0.15, 0.2) is 0 Å². The van der Waals surface area contributed by atoms with Crippen LogP contribution in [0, 0.1) is 0 Å². The largest absolute Gasteiger partial charge is 0.475 e. The number of hydrogen-bond acceptors (Lipinski definition) is 3. The molecular weight excluding hydrogens is 323 g/mol. The fourth-order valence-electron chi connectivity index (χ4n) is 1.51. The summed E-state index contributed by atoms with van der Waals surface area (Å²) in [5.74, 6) is -1.24. The molecule has 0 saturated carbocycles. The summed E-state index contributed by atoms with van der Waals surface area (Å²) in [5.41, 5.74) is 0.515. The van der Waals surface area contributed by atoms with Gasteiger partial charge in [0, 0.05) is 9.50 Å². The average Bonchev–Trinajstić information content (AvgIpc) is 2.75. The van der Waals surface area contributed by atoms with Gasteiger partial charge in [0.1, 0.15) is 11.9 Å². The van der Waals surface area contributed by atoms with E-state index in [1.54, 1.807) is 18.2 Å². The molecule has 1 atom stereocenters. The Hall–Kier alpha value is -1.30. The van der Waals surface area contributed by atoms with E-state index in [2.05, 4.69) is 15.9 Å². The molecule has 0 aliphatic heterocycles. The van der Waals surface area contributed by atoms with Crippen molar-refractivity contribution in [1.29, 1.82) is 0 Å². The van der Waals surface area contributed by atoms with Crippen molar-refractivity contribution >= 4 is 33.5 Å². The zero-order valence-electron chi connectivity index (χ0n) is 8.93. The Labute approximate surface area is 116 Å². The molecule has 0 aliphatic rings. The van der Waals surface area contributed by atoms with Crippen LogP contribution in [0.2, 0.25) is 5.02 Å². The van der Waals surface area contributed by atoms with Crippen molar-refractivity contribution in [2.24, 2.45) is 0 Å². The summed E-state index contributed by atoms with van der Waals surface area (Å²) in [5, 5.41) is 19.3. The monoisotopic (exact) mass is 330 g/mol. The maximum atomic E-state index is 10.7. The third-order valence-electron chi connectivity index (χ3n) is 2.31. The SMILES string of the molecule is O=C(O)c1ccc(C(O)c2cc(Cl)cc(Br)c2)o1. The van der Waals surface area contributed by atoms with Gasteiger partial charge in [-0.15, -0.1) is 0 Å². The highest BCUT2D eigenvalue weighted by molar-refractivity contribution is 9.10. The number of furan rings is 1. The van der Waals surface area contributed by atoms with Crippen molar-refractivity contribution in [2.45, 2.75) is 6.10 Å². The second-order valence-corrected chi connectivity index (χ2v) is 4.96. The van der Waals surface area contributed by atoms with E-state index in [0.29, 0.717) is 15.1 Å². The van der Waals surface area contributed by atoms with E-state index < -0.39 is 12.1 Å². The van der Waals surface area contributed by atoms with Crippen molar-refractivity contribution in [3.05, 3.63) is 56.9 Å². The van der Waals surface area contributed by atoms with E-state index >= 15 is 0 Å². The second-order valence-electron chi connectivity index (χ2n) is 3.61. The molecule has 0 fully saturated rings. The van der Waals surface area contributed by atoms with Gasteiger partial charge >= 0.3 is 5.97 Å². The molecule has 0 bridgehead atoms. The lowest BCUT2D eigenvalue weighted by atomic mass is 10.1. The van der Waals surface area contributed by atoms with Crippen LogP contribution in [0.3, 0.4) is 0 Å². The molecule has 0 radical (unpaired) electrons. The molecule has 2 rings (SSSR count). The lowest BCUT2D eigenvalue weighted by Gasteiger charge is -2.09. The van der Waals surface area contributed by atoms with E-state index in [1.807, 2.05) is 0 Å². The minimum atomic E-state index is -1.18. The molecule has 1 unspecified atom stereocenters. The van der Waals surface area contributed by atoms with Crippen molar-refractivity contribution < 1.29 is 19.4 Å². The first kappa shape index (κ1) is 13.1. The molecule has 0 amide bonds. The third kappa shape index (κ3) is 2.75. The molecule has 1 aromatic carbocycles. The van der Waals surface area contributed by atoms with Crippen LogP contribution < -0.4 is 0 Å². The van der Waals surface area contributed by atoms with Crippen molar-refractivity contribution in [2.75, 3.05) is 0 Å². The van der Waals surface area contributed by atoms with Crippen LogP contribution in [-0.4, -0.2) is 16.2 Å². The van der Waals surface area contributed by atoms with Crippen LogP contribution in [0.5, 0.6) is 0 Å². The topological polar surface area (TPSA) is 70.7 Å². The van der Waals surface area contributed by atoms with Crippen LogP contribution in [0.4, 0.5) is 0 Å². The van der Waals surface area contributed by atoms with Crippen molar-refractivity contribution in [3.63, 3.8) is 0 Å². The zero-order valence-corrected chi connectivity index (χ0v) is 11.3. The highest BCUT2D eigenvalue weighted by Crippen LogP contribution is 2.28. The standard InChI is InChI=1S/C12H8BrClO4/c13-7-3-6(4-8(14)5-7)11(15)9-1-2-10(18-9)12(16)17/h1-5,11,15H,(H,16,17). The Bertz CT molecular complexity index is 573. The fourth-order valence-corrected chi connectivity index (χ4v) is 2.40. The fraction of sp³-hybridized carbons (Fsp3) is 0.0833. The molecule has 1 heterocycles. The first-order valence-electron chi connectivity index (χ1n) is 4.94. The summed E-state index contributed by atoms with van der Waals surface area (Å²) >= 11 is 9.13. The Morgan fingerprint density at radius 3 is 2.61 bits per heavy atom. The zero-order chi connectivity index (χ0) is 13.3. The van der Waals surface area contributed by atoms with Crippen molar-refractivity contribution in [1.82, 2.24) is 0 Å². The molecule has 6 heteroatoms. The predicted octanol–water partition coefficient (Wildman–Crippen LogP) is 3.48. The Balaban J connectivity index is 2.34. The number of halogens is 2. The molecule has 18 heavy (non-hydrogen) atoms. The van der Waals surface area contributed by atoms with E-state index in [9.17, 15) is 9.90 Å². The van der Waals surface area contributed by atoms with Gasteiger partial charge in [0.05, 0.1) is 0 Å². The molecule has 1 aromatic heterocycles. The summed E-state index contributed by atoms with van der Waals surface area (Å²) in [6.45, 7) is 0. The number of carboxylic acids is 1. The lowest BCUT2D eigenvalue weighted by Crippen LogP contribution is -1.98. The maximum absolute atomic E-state index is 10.7.